The SMILES string of the molecule is C#C.CC(/C=C\C=C(\Cl)CF)C1CNC(CC(C)(C)C)C1C#N.Fc1cccc(Cl)c1.NO. The molecule has 0 aliphatic carbocycles. The molecule has 4 atom stereocenters. The summed E-state index contributed by atoms with van der Waals surface area (Å²) in [7, 11) is 0. The standard InChI is InChI=1S/C17H26ClFN2.C6H4ClF.C2H2.H3NO/c1-12(6-5-7-13(18)9-19)15-11-21-16(14(15)10-20)8-17(2,3)4;7-5-2-1-3-6(8)4-5;2*1-2/h5-7,12,14-16,21H,8-9,11H2,1-4H3;1-4H;1-2H;2H,1H2/b6-5-,13-7+;;;. The fourth-order valence-corrected chi connectivity index (χ4v) is 3.63. The Morgan fingerprint density at radius 1 is 1.39 bits per heavy atom. The maximum atomic E-state index is 12.3. The summed E-state index contributed by atoms with van der Waals surface area (Å²) in [5.74, 6) is 3.77. The first-order valence-corrected chi connectivity index (χ1v) is 11.0. The number of rotatable bonds is 5. The van der Waals surface area contributed by atoms with E-state index in [-0.39, 0.29) is 40.1 Å². The second-order valence-corrected chi connectivity index (χ2v) is 9.45. The number of halogens is 4. The molecule has 1 saturated heterocycles. The highest BCUT2D eigenvalue weighted by molar-refractivity contribution is 6.30. The largest absolute Gasteiger partial charge is 0.320 e. The maximum Gasteiger partial charge on any atom is 0.125 e. The molecule has 1 heterocycles. The number of hydrogen-bond donors (Lipinski definition) is 3. The molecule has 0 radical (unpaired) electrons. The summed E-state index contributed by atoms with van der Waals surface area (Å²) in [5.41, 5.74) is 0.206. The number of nitriles is 1. The van der Waals surface area contributed by atoms with Crippen LogP contribution in [-0.4, -0.2) is 24.5 Å². The molecule has 4 unspecified atom stereocenters. The van der Waals surface area contributed by atoms with Crippen LogP contribution >= 0.6 is 23.2 Å². The van der Waals surface area contributed by atoms with Gasteiger partial charge >= 0.3 is 0 Å². The molecular weight excluding hydrogens is 467 g/mol. The van der Waals surface area contributed by atoms with Crippen molar-refractivity contribution in [2.45, 2.75) is 40.2 Å². The highest BCUT2D eigenvalue weighted by atomic mass is 35.5. The zero-order chi connectivity index (χ0) is 26.0. The molecule has 2 rings (SSSR count). The molecule has 0 aromatic heterocycles. The minimum Gasteiger partial charge on any atom is -0.320 e. The number of nitrogens with one attached hydrogen (secondary N) is 1. The van der Waals surface area contributed by atoms with Gasteiger partial charge in [0.05, 0.1) is 12.0 Å². The Bertz CT molecular complexity index is 769. The summed E-state index contributed by atoms with van der Waals surface area (Å²) in [5, 5.41) is 20.1. The molecule has 33 heavy (non-hydrogen) atoms. The molecule has 1 aromatic carbocycles. The van der Waals surface area contributed by atoms with Crippen molar-refractivity contribution in [1.29, 1.82) is 5.26 Å². The summed E-state index contributed by atoms with van der Waals surface area (Å²) < 4.78 is 24.3. The van der Waals surface area contributed by atoms with Crippen LogP contribution < -0.4 is 11.2 Å². The van der Waals surface area contributed by atoms with Crippen molar-refractivity contribution in [3.63, 3.8) is 0 Å². The van der Waals surface area contributed by atoms with Crippen LogP contribution in [0.3, 0.4) is 0 Å². The minimum atomic E-state index is -0.639. The van der Waals surface area contributed by atoms with Crippen molar-refractivity contribution in [3.05, 3.63) is 58.4 Å². The van der Waals surface area contributed by atoms with Gasteiger partial charge in [-0.1, -0.05) is 69.1 Å². The molecule has 8 heteroatoms. The third kappa shape index (κ3) is 14.8. The van der Waals surface area contributed by atoms with Gasteiger partial charge < -0.3 is 10.5 Å². The predicted octanol–water partition coefficient (Wildman–Crippen LogP) is 6.50. The molecular formula is C25H35Cl2F2N3O. The zero-order valence-corrected chi connectivity index (χ0v) is 21.1. The quantitative estimate of drug-likeness (QED) is 0.244. The van der Waals surface area contributed by atoms with E-state index >= 15 is 0 Å². The van der Waals surface area contributed by atoms with E-state index in [9.17, 15) is 14.0 Å². The molecule has 0 saturated carbocycles. The number of nitrogens with two attached hydrogens (primary N) is 1. The van der Waals surface area contributed by atoms with Gasteiger partial charge in [-0.05, 0) is 47.9 Å². The van der Waals surface area contributed by atoms with E-state index in [4.69, 9.17) is 28.4 Å². The molecule has 0 spiro atoms. The van der Waals surface area contributed by atoms with Gasteiger partial charge in [0.1, 0.15) is 12.5 Å². The van der Waals surface area contributed by atoms with Crippen molar-refractivity contribution in [3.8, 4) is 18.9 Å². The van der Waals surface area contributed by atoms with Crippen molar-refractivity contribution in [1.82, 2.24) is 5.32 Å². The lowest BCUT2D eigenvalue weighted by Crippen LogP contribution is -2.31. The number of allylic oxidation sites excluding steroid dienone is 4. The maximum absolute atomic E-state index is 12.3. The Labute approximate surface area is 207 Å². The van der Waals surface area contributed by atoms with Gasteiger partial charge in [-0.25, -0.2) is 14.7 Å². The Morgan fingerprint density at radius 3 is 2.42 bits per heavy atom. The van der Waals surface area contributed by atoms with E-state index in [2.05, 4.69) is 57.8 Å². The summed E-state index contributed by atoms with van der Waals surface area (Å²) >= 11 is 11.0. The lowest BCUT2D eigenvalue weighted by Gasteiger charge is -2.26. The molecule has 184 valence electrons. The number of terminal acetylenes is 1. The van der Waals surface area contributed by atoms with Crippen LogP contribution in [0.25, 0.3) is 0 Å². The normalized spacial score (nSPS) is 20.8. The monoisotopic (exact) mass is 501 g/mol. The average Bonchev–Trinajstić information content (AvgIpc) is 3.17. The lowest BCUT2D eigenvalue weighted by atomic mass is 9.78. The summed E-state index contributed by atoms with van der Waals surface area (Å²) in [6.07, 6.45) is 14.4. The second-order valence-electron chi connectivity index (χ2n) is 8.53. The van der Waals surface area contributed by atoms with Crippen LogP contribution in [0, 0.1) is 53.2 Å². The number of hydrogen-bond acceptors (Lipinski definition) is 4. The van der Waals surface area contributed by atoms with Crippen molar-refractivity contribution in [2.75, 3.05) is 13.2 Å². The smallest absolute Gasteiger partial charge is 0.125 e. The topological polar surface area (TPSA) is 82.1 Å². The van der Waals surface area contributed by atoms with Crippen LogP contribution in [-0.2, 0) is 0 Å². The first-order valence-electron chi connectivity index (χ1n) is 10.3. The Morgan fingerprint density at radius 2 is 2.00 bits per heavy atom. The molecule has 0 amide bonds. The molecule has 1 aliphatic heterocycles. The van der Waals surface area contributed by atoms with Crippen LogP contribution in [0.4, 0.5) is 8.78 Å². The highest BCUT2D eigenvalue weighted by Gasteiger charge is 2.39. The van der Waals surface area contributed by atoms with E-state index in [0.29, 0.717) is 5.02 Å². The van der Waals surface area contributed by atoms with E-state index in [0.717, 1.165) is 13.0 Å². The fourth-order valence-electron chi connectivity index (χ4n) is 3.38. The summed E-state index contributed by atoms with van der Waals surface area (Å²) in [6.45, 7) is 8.91. The molecule has 1 fully saturated rings. The molecule has 4 nitrogen and oxygen atoms in total. The average molecular weight is 502 g/mol. The van der Waals surface area contributed by atoms with E-state index < -0.39 is 6.67 Å². The predicted molar refractivity (Wildman–Crippen MR) is 134 cm³/mol. The molecule has 0 bridgehead atoms. The third-order valence-electron chi connectivity index (χ3n) is 4.77. The van der Waals surface area contributed by atoms with Crippen LogP contribution in [0.15, 0.2) is 47.5 Å². The van der Waals surface area contributed by atoms with Gasteiger partial charge in [-0.15, -0.1) is 12.8 Å². The lowest BCUT2D eigenvalue weighted by molar-refractivity contribution is 0.286. The van der Waals surface area contributed by atoms with Gasteiger partial charge in [-0.2, -0.15) is 5.26 Å². The summed E-state index contributed by atoms with van der Waals surface area (Å²) in [6, 6.07) is 8.55. The number of benzene rings is 1. The van der Waals surface area contributed by atoms with Crippen LogP contribution in [0.2, 0.25) is 5.02 Å². The van der Waals surface area contributed by atoms with E-state index in [1.54, 1.807) is 24.3 Å². The zero-order valence-electron chi connectivity index (χ0n) is 19.6. The fraction of sp³-hybridized carbons (Fsp3) is 0.480. The number of alkyl halides is 1. The third-order valence-corrected chi connectivity index (χ3v) is 5.24. The van der Waals surface area contributed by atoms with Gasteiger partial charge in [0.2, 0.25) is 0 Å². The Kier molecular flexibility index (Phi) is 18.6. The molecule has 4 N–H and O–H groups in total. The van der Waals surface area contributed by atoms with Crippen LogP contribution in [0.5, 0.6) is 0 Å². The van der Waals surface area contributed by atoms with Crippen LogP contribution in [0.1, 0.15) is 34.1 Å². The van der Waals surface area contributed by atoms with Crippen molar-refractivity contribution < 1.29 is 14.0 Å². The number of nitrogens with zero attached hydrogens (tertiary/aromatic N) is 1. The van der Waals surface area contributed by atoms with Crippen molar-refractivity contribution >= 4 is 23.2 Å². The van der Waals surface area contributed by atoms with Gasteiger partial charge in [0.15, 0.2) is 0 Å². The first kappa shape index (κ1) is 33.2. The van der Waals surface area contributed by atoms with Gasteiger partial charge in [0, 0.05) is 22.6 Å². The minimum absolute atomic E-state index is 0.0181. The Hall–Kier alpha value is -1.93. The van der Waals surface area contributed by atoms with Gasteiger partial charge in [-0.3, -0.25) is 0 Å². The second kappa shape index (κ2) is 18.5. The van der Waals surface area contributed by atoms with E-state index in [1.165, 1.54) is 12.1 Å². The van der Waals surface area contributed by atoms with Gasteiger partial charge in [0.25, 0.3) is 0 Å². The highest BCUT2D eigenvalue weighted by Crippen LogP contribution is 2.35. The van der Waals surface area contributed by atoms with E-state index in [1.807, 2.05) is 6.08 Å². The first-order chi connectivity index (χ1) is 15.6. The molecule has 1 aromatic rings. The Balaban J connectivity index is 0. The van der Waals surface area contributed by atoms with Crippen molar-refractivity contribution in [2.24, 2.45) is 29.1 Å². The summed E-state index contributed by atoms with van der Waals surface area (Å²) in [4.78, 5) is 0. The molecule has 1 aliphatic rings.